The highest BCUT2D eigenvalue weighted by atomic mass is 32.2. The van der Waals surface area contributed by atoms with Gasteiger partial charge in [-0.05, 0) is 47.4 Å². The van der Waals surface area contributed by atoms with Crippen LogP contribution < -0.4 is 11.1 Å². The number of nitrogens with two attached hydrogens (primary N) is 1. The van der Waals surface area contributed by atoms with Crippen LogP contribution in [-0.2, 0) is 32.3 Å². The number of rotatable bonds is 10. The molecule has 1 amide bonds. The molecule has 0 aromatic heterocycles. The van der Waals surface area contributed by atoms with Crippen molar-refractivity contribution in [2.45, 2.75) is 43.4 Å². The van der Waals surface area contributed by atoms with Crippen LogP contribution in [0.5, 0.6) is 0 Å². The van der Waals surface area contributed by atoms with Crippen molar-refractivity contribution in [1.29, 1.82) is 0 Å². The summed E-state index contributed by atoms with van der Waals surface area (Å²) >= 11 is 0. The van der Waals surface area contributed by atoms with E-state index in [1.54, 1.807) is 0 Å². The molecule has 1 aliphatic rings. The molecule has 3 rings (SSSR count). The Balaban J connectivity index is 1.90. The Morgan fingerprint density at radius 2 is 1.76 bits per heavy atom. The summed E-state index contributed by atoms with van der Waals surface area (Å²) in [6.07, 6.45) is -2.57. The number of nitrogens with one attached hydrogen (secondary N) is 1. The third-order valence-corrected chi connectivity index (χ3v) is 8.57. The second kappa shape index (κ2) is 13.2. The SMILES string of the molecule is C=C/C(=N\C=C(/N)N1CCN(S(=O)(=O)c2ccc(C(F)(F)F)cc2)[C@@H](C(=O)NCc2ccc(C(C)C)cc2)C1)C(=O)O. The van der Waals surface area contributed by atoms with Crippen molar-refractivity contribution < 1.29 is 36.3 Å². The standard InChI is InChI=1S/C28H32F3N5O5S/c1-4-23(27(38)39)33-16-25(32)35-13-14-36(42(40,41)22-11-9-21(10-12-22)28(29,30)31)24(17-35)26(37)34-15-19-5-7-20(8-6-19)18(2)3/h4-12,16,18,24H,1,13-15,17,32H2,2-3H3,(H,34,37)(H,38,39)/b25-16+,33-23+/t24-/m1/s1. The molecule has 42 heavy (non-hydrogen) atoms. The Morgan fingerprint density at radius 1 is 1.14 bits per heavy atom. The van der Waals surface area contributed by atoms with E-state index in [2.05, 4.69) is 16.9 Å². The lowest BCUT2D eigenvalue weighted by molar-refractivity contribution is -0.137. The van der Waals surface area contributed by atoms with E-state index in [-0.39, 0.29) is 37.7 Å². The first kappa shape index (κ1) is 32.3. The second-order valence-corrected chi connectivity index (χ2v) is 11.7. The van der Waals surface area contributed by atoms with Crippen molar-refractivity contribution in [2.75, 3.05) is 19.6 Å². The quantitative estimate of drug-likeness (QED) is 0.352. The zero-order valence-corrected chi connectivity index (χ0v) is 23.8. The summed E-state index contributed by atoms with van der Waals surface area (Å²) in [6.45, 7) is 7.08. The van der Waals surface area contributed by atoms with E-state index in [0.717, 1.165) is 39.8 Å². The summed E-state index contributed by atoms with van der Waals surface area (Å²) in [6, 6.07) is 9.25. The fraction of sp³-hybridized carbons (Fsp3) is 0.321. The van der Waals surface area contributed by atoms with Gasteiger partial charge in [0.15, 0.2) is 0 Å². The zero-order chi connectivity index (χ0) is 31.2. The number of halogens is 3. The molecule has 1 aliphatic heterocycles. The normalized spacial score (nSPS) is 17.3. The molecule has 4 N–H and O–H groups in total. The van der Waals surface area contributed by atoms with Crippen molar-refractivity contribution in [2.24, 2.45) is 10.7 Å². The maximum Gasteiger partial charge on any atom is 0.416 e. The van der Waals surface area contributed by atoms with E-state index in [1.807, 2.05) is 38.1 Å². The molecule has 2 aromatic carbocycles. The third kappa shape index (κ3) is 7.76. The summed E-state index contributed by atoms with van der Waals surface area (Å²) in [5.74, 6) is -1.70. The lowest BCUT2D eigenvalue weighted by Crippen LogP contribution is -2.60. The molecule has 1 heterocycles. The van der Waals surface area contributed by atoms with Crippen LogP contribution in [0.2, 0.25) is 0 Å². The molecule has 1 fully saturated rings. The van der Waals surface area contributed by atoms with Gasteiger partial charge in [-0.25, -0.2) is 18.2 Å². The van der Waals surface area contributed by atoms with E-state index >= 15 is 0 Å². The molecule has 1 atom stereocenters. The first-order valence-electron chi connectivity index (χ1n) is 12.8. The van der Waals surface area contributed by atoms with Gasteiger partial charge in [0.05, 0.1) is 16.7 Å². The molecule has 0 saturated carbocycles. The summed E-state index contributed by atoms with van der Waals surface area (Å²) < 4.78 is 67.1. The molecule has 0 radical (unpaired) electrons. The molecule has 14 heteroatoms. The minimum absolute atomic E-state index is 0.00530. The van der Waals surface area contributed by atoms with Gasteiger partial charge in [-0.2, -0.15) is 17.5 Å². The number of carboxylic acid groups (broad SMARTS) is 1. The van der Waals surface area contributed by atoms with Gasteiger partial charge in [-0.1, -0.05) is 44.7 Å². The van der Waals surface area contributed by atoms with Gasteiger partial charge in [0.25, 0.3) is 0 Å². The molecule has 1 saturated heterocycles. The number of carbonyl (C=O) groups is 2. The van der Waals surface area contributed by atoms with Crippen LogP contribution in [0.25, 0.3) is 0 Å². The van der Waals surface area contributed by atoms with Gasteiger partial charge >= 0.3 is 12.1 Å². The number of aliphatic carboxylic acids is 1. The number of sulfonamides is 1. The minimum Gasteiger partial charge on any atom is -0.477 e. The lowest BCUT2D eigenvalue weighted by atomic mass is 10.0. The van der Waals surface area contributed by atoms with Gasteiger partial charge in [0, 0.05) is 26.2 Å². The van der Waals surface area contributed by atoms with Crippen LogP contribution in [0.15, 0.2) is 83.1 Å². The van der Waals surface area contributed by atoms with Crippen molar-refractivity contribution in [3.8, 4) is 0 Å². The summed E-state index contributed by atoms with van der Waals surface area (Å²) in [4.78, 5) is 29.4. The summed E-state index contributed by atoms with van der Waals surface area (Å²) in [7, 11) is -4.41. The van der Waals surface area contributed by atoms with Crippen LogP contribution in [0.4, 0.5) is 13.2 Å². The van der Waals surface area contributed by atoms with Gasteiger partial charge in [-0.3, -0.25) is 4.79 Å². The fourth-order valence-corrected chi connectivity index (χ4v) is 5.76. The third-order valence-electron chi connectivity index (χ3n) is 6.65. The predicted molar refractivity (Wildman–Crippen MR) is 151 cm³/mol. The van der Waals surface area contributed by atoms with Crippen LogP contribution in [0.1, 0.15) is 36.5 Å². The number of alkyl halides is 3. The molecule has 0 spiro atoms. The Hall–Kier alpha value is -4.17. The van der Waals surface area contributed by atoms with E-state index < -0.39 is 44.6 Å². The fourth-order valence-electron chi connectivity index (χ4n) is 4.19. The number of hydrogen-bond donors (Lipinski definition) is 3. The maximum atomic E-state index is 13.5. The van der Waals surface area contributed by atoms with Crippen molar-refractivity contribution in [3.63, 3.8) is 0 Å². The van der Waals surface area contributed by atoms with Gasteiger partial charge in [0.1, 0.15) is 17.6 Å². The Labute approximate surface area is 242 Å². The molecule has 0 unspecified atom stereocenters. The molecular weight excluding hydrogens is 575 g/mol. The summed E-state index contributed by atoms with van der Waals surface area (Å²) in [5, 5.41) is 11.9. The van der Waals surface area contributed by atoms with Crippen molar-refractivity contribution in [1.82, 2.24) is 14.5 Å². The second-order valence-electron chi connectivity index (χ2n) is 9.79. The van der Waals surface area contributed by atoms with E-state index in [9.17, 15) is 31.2 Å². The highest BCUT2D eigenvalue weighted by Crippen LogP contribution is 2.31. The van der Waals surface area contributed by atoms with Gasteiger partial charge in [0.2, 0.25) is 15.9 Å². The highest BCUT2D eigenvalue weighted by molar-refractivity contribution is 7.89. The number of carboxylic acids is 1. The number of piperazine rings is 1. The number of amides is 1. The number of hydrogen-bond acceptors (Lipinski definition) is 7. The Bertz CT molecular complexity index is 1470. The van der Waals surface area contributed by atoms with Crippen LogP contribution >= 0.6 is 0 Å². The maximum absolute atomic E-state index is 13.5. The smallest absolute Gasteiger partial charge is 0.416 e. The topological polar surface area (TPSA) is 145 Å². The van der Waals surface area contributed by atoms with E-state index in [1.165, 1.54) is 4.90 Å². The zero-order valence-electron chi connectivity index (χ0n) is 23.0. The number of nitrogens with zero attached hydrogens (tertiary/aromatic N) is 3. The monoisotopic (exact) mass is 607 g/mol. The largest absolute Gasteiger partial charge is 0.477 e. The number of aliphatic imine (C=N–C) groups is 1. The first-order chi connectivity index (χ1) is 19.6. The van der Waals surface area contributed by atoms with Crippen LogP contribution in [0.3, 0.4) is 0 Å². The van der Waals surface area contributed by atoms with Crippen LogP contribution in [-0.4, -0.2) is 66.0 Å². The number of benzene rings is 2. The average Bonchev–Trinajstić information content (AvgIpc) is 2.95. The molecule has 226 valence electrons. The van der Waals surface area contributed by atoms with Gasteiger partial charge < -0.3 is 21.1 Å². The van der Waals surface area contributed by atoms with E-state index in [4.69, 9.17) is 10.8 Å². The number of carbonyl (C=O) groups excluding carboxylic acids is 1. The Kier molecular flexibility index (Phi) is 10.2. The predicted octanol–water partition coefficient (Wildman–Crippen LogP) is 3.29. The molecule has 0 aliphatic carbocycles. The van der Waals surface area contributed by atoms with Crippen LogP contribution in [0, 0.1) is 0 Å². The lowest BCUT2D eigenvalue weighted by Gasteiger charge is -2.40. The molecule has 0 bridgehead atoms. The molecular formula is C28H32F3N5O5S. The molecule has 10 nitrogen and oxygen atoms in total. The molecule has 2 aromatic rings. The summed E-state index contributed by atoms with van der Waals surface area (Å²) in [5.41, 5.74) is 6.58. The Morgan fingerprint density at radius 3 is 2.29 bits per heavy atom. The van der Waals surface area contributed by atoms with E-state index in [0.29, 0.717) is 18.1 Å². The highest BCUT2D eigenvalue weighted by Gasteiger charge is 2.41. The van der Waals surface area contributed by atoms with Gasteiger partial charge in [-0.15, -0.1) is 0 Å². The minimum atomic E-state index is -4.65. The average molecular weight is 608 g/mol. The first-order valence-corrected chi connectivity index (χ1v) is 14.3. The van der Waals surface area contributed by atoms with Crippen molar-refractivity contribution >= 4 is 27.6 Å². The van der Waals surface area contributed by atoms with Crippen molar-refractivity contribution in [3.05, 3.63) is 89.9 Å².